The Hall–Kier alpha value is -2.00. The zero-order valence-corrected chi connectivity index (χ0v) is 26.3. The zero-order valence-electron chi connectivity index (χ0n) is 25.6. The number of unbranched alkanes of at least 4 members (excludes halogenated alkanes) is 1. The molecule has 232 valence electrons. The SMILES string of the molecule is CCCCC(=O)C[C@@H]1C[C@@](O)(CCl)C[C@@H](/C=C/C(C)=C/C[C@@H]2O[C@H](C)[C@H](NC(=O)/C=C\[C@H](C)OC(C)=O)C[C@@H]2C)O1. The molecule has 0 spiro atoms. The Kier molecular flexibility index (Phi) is 14.8. The van der Waals surface area contributed by atoms with Crippen LogP contribution in [0.1, 0.15) is 92.9 Å². The standard InChI is InChI=1S/C32H50ClNO7/c1-7-8-9-26(36)17-28-19-32(38,20-33)18-27(41-28)13-10-21(2)11-14-30-22(3)16-29(24(5)40-30)34-31(37)15-12-23(4)39-25(6)35/h10-13,15,22-24,27-30,38H,7-9,14,16-20H2,1-6H3,(H,34,37)/b13-10+,15-12-,21-11+/t22-,23-,24+,27+,28+,29+,30-,32+/m0/s1. The number of rotatable bonds is 14. The second-order valence-electron chi connectivity index (χ2n) is 11.8. The van der Waals surface area contributed by atoms with Crippen molar-refractivity contribution in [1.29, 1.82) is 0 Å². The first-order valence-corrected chi connectivity index (χ1v) is 15.5. The fourth-order valence-electron chi connectivity index (χ4n) is 5.39. The maximum Gasteiger partial charge on any atom is 0.303 e. The van der Waals surface area contributed by atoms with Crippen LogP contribution in [0.4, 0.5) is 0 Å². The van der Waals surface area contributed by atoms with Crippen molar-refractivity contribution in [2.45, 2.75) is 135 Å². The lowest BCUT2D eigenvalue weighted by atomic mass is 9.86. The fraction of sp³-hybridized carbons (Fsp3) is 0.719. The molecule has 41 heavy (non-hydrogen) atoms. The van der Waals surface area contributed by atoms with E-state index in [9.17, 15) is 19.5 Å². The molecule has 2 heterocycles. The lowest BCUT2D eigenvalue weighted by molar-refractivity contribution is -0.143. The van der Waals surface area contributed by atoms with E-state index in [2.05, 4.69) is 25.2 Å². The molecule has 0 saturated carbocycles. The Bertz CT molecular complexity index is 964. The van der Waals surface area contributed by atoms with Gasteiger partial charge in [0.2, 0.25) is 5.91 Å². The summed E-state index contributed by atoms with van der Waals surface area (Å²) in [6.07, 6.45) is 12.7. The number of Topliss-reactive ketones (excluding diaryl/α,β-unsaturated/α-hetero) is 1. The number of alkyl halides is 1. The van der Waals surface area contributed by atoms with Crippen LogP contribution in [0.3, 0.4) is 0 Å². The minimum Gasteiger partial charge on any atom is -0.459 e. The minimum atomic E-state index is -1.05. The Morgan fingerprint density at radius 2 is 1.90 bits per heavy atom. The highest BCUT2D eigenvalue weighted by atomic mass is 35.5. The van der Waals surface area contributed by atoms with Crippen LogP contribution in [0, 0.1) is 5.92 Å². The monoisotopic (exact) mass is 595 g/mol. The van der Waals surface area contributed by atoms with E-state index >= 15 is 0 Å². The molecule has 0 aromatic rings. The predicted molar refractivity (Wildman–Crippen MR) is 161 cm³/mol. The van der Waals surface area contributed by atoms with Crippen molar-refractivity contribution in [3.8, 4) is 0 Å². The average molecular weight is 596 g/mol. The van der Waals surface area contributed by atoms with Crippen LogP contribution in [0.15, 0.2) is 36.0 Å². The third kappa shape index (κ3) is 12.8. The third-order valence-electron chi connectivity index (χ3n) is 7.73. The van der Waals surface area contributed by atoms with Gasteiger partial charge >= 0.3 is 5.97 Å². The van der Waals surface area contributed by atoms with Crippen LogP contribution in [-0.4, -0.2) is 70.8 Å². The number of esters is 1. The number of halogens is 1. The first-order chi connectivity index (χ1) is 19.3. The van der Waals surface area contributed by atoms with Crippen LogP contribution in [0.25, 0.3) is 0 Å². The van der Waals surface area contributed by atoms with Gasteiger partial charge in [-0.1, -0.05) is 44.1 Å². The molecule has 8 atom stereocenters. The van der Waals surface area contributed by atoms with Gasteiger partial charge < -0.3 is 24.6 Å². The molecule has 2 aliphatic heterocycles. The Morgan fingerprint density at radius 1 is 1.17 bits per heavy atom. The quantitative estimate of drug-likeness (QED) is 0.120. The van der Waals surface area contributed by atoms with E-state index in [4.69, 9.17) is 25.8 Å². The number of ketones is 1. The number of carbonyl (C=O) groups is 3. The normalized spacial score (nSPS) is 31.8. The van der Waals surface area contributed by atoms with Gasteiger partial charge in [-0.05, 0) is 52.0 Å². The number of ether oxygens (including phenoxy) is 3. The molecule has 2 fully saturated rings. The summed E-state index contributed by atoms with van der Waals surface area (Å²) in [6, 6.07) is -0.113. The topological polar surface area (TPSA) is 111 Å². The van der Waals surface area contributed by atoms with Gasteiger partial charge in [0, 0.05) is 38.7 Å². The van der Waals surface area contributed by atoms with Crippen LogP contribution >= 0.6 is 11.6 Å². The van der Waals surface area contributed by atoms with Crippen molar-refractivity contribution in [2.24, 2.45) is 5.92 Å². The highest BCUT2D eigenvalue weighted by Crippen LogP contribution is 2.33. The van der Waals surface area contributed by atoms with E-state index in [1.54, 1.807) is 13.0 Å². The molecule has 1 amide bonds. The lowest BCUT2D eigenvalue weighted by Crippen LogP contribution is -2.50. The van der Waals surface area contributed by atoms with Crippen LogP contribution < -0.4 is 5.32 Å². The minimum absolute atomic E-state index is 0.0202. The second kappa shape index (κ2) is 17.2. The summed E-state index contributed by atoms with van der Waals surface area (Å²) in [5, 5.41) is 13.9. The molecule has 9 heteroatoms. The molecule has 2 N–H and O–H groups in total. The molecule has 0 radical (unpaired) electrons. The maximum atomic E-state index is 12.4. The number of aliphatic hydroxyl groups is 1. The molecule has 0 aromatic carbocycles. The number of nitrogens with one attached hydrogen (secondary N) is 1. The second-order valence-corrected chi connectivity index (χ2v) is 12.1. The van der Waals surface area contributed by atoms with Gasteiger partial charge in [0.25, 0.3) is 0 Å². The highest BCUT2D eigenvalue weighted by Gasteiger charge is 2.39. The fourth-order valence-corrected chi connectivity index (χ4v) is 5.61. The molecular weight excluding hydrogens is 546 g/mol. The Balaban J connectivity index is 1.89. The van der Waals surface area contributed by atoms with E-state index in [0.29, 0.717) is 25.7 Å². The average Bonchev–Trinajstić information content (AvgIpc) is 2.90. The largest absolute Gasteiger partial charge is 0.459 e. The first-order valence-electron chi connectivity index (χ1n) is 15.0. The van der Waals surface area contributed by atoms with Gasteiger partial charge in [0.1, 0.15) is 11.9 Å². The summed E-state index contributed by atoms with van der Waals surface area (Å²) in [5.41, 5.74) is 0.00136. The van der Waals surface area contributed by atoms with Crippen molar-refractivity contribution >= 4 is 29.3 Å². The van der Waals surface area contributed by atoms with Crippen molar-refractivity contribution in [2.75, 3.05) is 5.88 Å². The highest BCUT2D eigenvalue weighted by molar-refractivity contribution is 6.18. The molecule has 0 aromatic heterocycles. The van der Waals surface area contributed by atoms with Gasteiger partial charge in [0.15, 0.2) is 0 Å². The lowest BCUT2D eigenvalue weighted by Gasteiger charge is -2.39. The van der Waals surface area contributed by atoms with Crippen molar-refractivity contribution in [3.63, 3.8) is 0 Å². The third-order valence-corrected chi connectivity index (χ3v) is 8.23. The number of carbonyl (C=O) groups excluding carboxylic acids is 3. The molecule has 2 aliphatic rings. The van der Waals surface area contributed by atoms with E-state index in [1.165, 1.54) is 13.0 Å². The van der Waals surface area contributed by atoms with E-state index < -0.39 is 17.7 Å². The van der Waals surface area contributed by atoms with Gasteiger partial charge in [-0.25, -0.2) is 0 Å². The van der Waals surface area contributed by atoms with Crippen molar-refractivity contribution in [1.82, 2.24) is 5.32 Å². The Labute approximate surface area is 250 Å². The Morgan fingerprint density at radius 3 is 2.56 bits per heavy atom. The number of hydrogen-bond donors (Lipinski definition) is 2. The smallest absolute Gasteiger partial charge is 0.303 e. The van der Waals surface area contributed by atoms with E-state index in [0.717, 1.165) is 31.3 Å². The van der Waals surface area contributed by atoms with Crippen LogP contribution in [0.2, 0.25) is 0 Å². The van der Waals surface area contributed by atoms with E-state index in [-0.39, 0.29) is 53.9 Å². The molecule has 0 aliphatic carbocycles. The molecule has 2 saturated heterocycles. The molecule has 0 unspecified atom stereocenters. The van der Waals surface area contributed by atoms with Gasteiger partial charge in [-0.3, -0.25) is 14.4 Å². The van der Waals surface area contributed by atoms with Crippen molar-refractivity contribution < 1.29 is 33.7 Å². The summed E-state index contributed by atoms with van der Waals surface area (Å²) in [6.45, 7) is 11.2. The van der Waals surface area contributed by atoms with Gasteiger partial charge in [-0.2, -0.15) is 0 Å². The number of amides is 1. The zero-order chi connectivity index (χ0) is 30.6. The molecule has 8 nitrogen and oxygen atoms in total. The first kappa shape index (κ1) is 35.2. The van der Waals surface area contributed by atoms with Gasteiger partial charge in [-0.15, -0.1) is 11.6 Å². The molecule has 2 rings (SSSR count). The maximum absolute atomic E-state index is 12.4. The van der Waals surface area contributed by atoms with Gasteiger partial charge in [0.05, 0.1) is 41.9 Å². The summed E-state index contributed by atoms with van der Waals surface area (Å²) in [5.74, 6) is -0.126. The number of hydrogen-bond acceptors (Lipinski definition) is 7. The summed E-state index contributed by atoms with van der Waals surface area (Å²) >= 11 is 6.10. The van der Waals surface area contributed by atoms with Crippen LogP contribution in [-0.2, 0) is 28.6 Å². The summed E-state index contributed by atoms with van der Waals surface area (Å²) in [7, 11) is 0. The predicted octanol–water partition coefficient (Wildman–Crippen LogP) is 5.35. The summed E-state index contributed by atoms with van der Waals surface area (Å²) in [4.78, 5) is 35.7. The van der Waals surface area contributed by atoms with E-state index in [1.807, 2.05) is 26.0 Å². The van der Waals surface area contributed by atoms with Crippen LogP contribution in [0.5, 0.6) is 0 Å². The molecular formula is C32H50ClNO7. The van der Waals surface area contributed by atoms with Crippen molar-refractivity contribution in [3.05, 3.63) is 36.0 Å². The number of allylic oxidation sites excluding steroid dienone is 2. The summed E-state index contributed by atoms with van der Waals surface area (Å²) < 4.78 is 17.4. The molecule has 0 bridgehead atoms.